The number of methoxy groups -OCH3 is 2. The fraction of sp³-hybridized carbons (Fsp3) is 0.333. The lowest BCUT2D eigenvalue weighted by molar-refractivity contribution is -0.142. The number of sulfonamides is 1. The van der Waals surface area contributed by atoms with E-state index in [1.807, 2.05) is 0 Å². The largest absolute Gasteiger partial charge is 0.497 e. The molecule has 9 nitrogen and oxygen atoms in total. The molecule has 0 bridgehead atoms. The molecule has 0 radical (unpaired) electrons. The fourth-order valence-corrected chi connectivity index (χ4v) is 4.88. The van der Waals surface area contributed by atoms with Gasteiger partial charge in [0.2, 0.25) is 10.0 Å². The van der Waals surface area contributed by atoms with E-state index in [1.54, 1.807) is 51.1 Å². The zero-order valence-corrected chi connectivity index (χ0v) is 20.8. The van der Waals surface area contributed by atoms with Gasteiger partial charge in [-0.25, -0.2) is 13.2 Å². The maximum atomic E-state index is 12.9. The number of rotatable bonds is 11. The van der Waals surface area contributed by atoms with Gasteiger partial charge in [-0.2, -0.15) is 4.31 Å². The Morgan fingerprint density at radius 1 is 1.03 bits per heavy atom. The van der Waals surface area contributed by atoms with Gasteiger partial charge in [-0.3, -0.25) is 4.79 Å². The molecule has 0 saturated heterocycles. The maximum Gasteiger partial charge on any atom is 0.331 e. The van der Waals surface area contributed by atoms with Crippen molar-refractivity contribution in [1.82, 2.24) is 4.31 Å². The summed E-state index contributed by atoms with van der Waals surface area (Å²) in [6.45, 7) is 5.34. The van der Waals surface area contributed by atoms with Crippen LogP contribution in [0.3, 0.4) is 0 Å². The van der Waals surface area contributed by atoms with E-state index in [0.717, 1.165) is 0 Å². The second-order valence-corrected chi connectivity index (χ2v) is 9.07. The number of anilines is 1. The van der Waals surface area contributed by atoms with E-state index in [9.17, 15) is 18.0 Å². The van der Waals surface area contributed by atoms with Crippen LogP contribution in [-0.4, -0.2) is 58.5 Å². The lowest BCUT2D eigenvalue weighted by atomic mass is 10.1. The zero-order chi connectivity index (χ0) is 25.3. The van der Waals surface area contributed by atoms with Crippen molar-refractivity contribution in [3.05, 3.63) is 53.6 Å². The van der Waals surface area contributed by atoms with Gasteiger partial charge in [0.25, 0.3) is 5.91 Å². The quantitative estimate of drug-likeness (QED) is 0.380. The van der Waals surface area contributed by atoms with Crippen LogP contribution in [0.4, 0.5) is 5.69 Å². The molecule has 2 aromatic rings. The highest BCUT2D eigenvalue weighted by Crippen LogP contribution is 2.25. The number of nitrogens with one attached hydrogen (secondary N) is 1. The number of esters is 1. The molecule has 184 valence electrons. The van der Waals surface area contributed by atoms with Gasteiger partial charge in [0, 0.05) is 30.4 Å². The highest BCUT2D eigenvalue weighted by atomic mass is 32.2. The molecule has 0 spiro atoms. The minimum atomic E-state index is -3.69. The summed E-state index contributed by atoms with van der Waals surface area (Å²) in [6, 6.07) is 9.72. The fourth-order valence-electron chi connectivity index (χ4n) is 3.17. The molecule has 0 saturated carbocycles. The summed E-state index contributed by atoms with van der Waals surface area (Å²) in [5, 5.41) is 2.56. The van der Waals surface area contributed by atoms with Gasteiger partial charge < -0.3 is 19.5 Å². The molecule has 1 N–H and O–H groups in total. The average molecular weight is 491 g/mol. The topological polar surface area (TPSA) is 111 Å². The molecular formula is C24H30N2O7S. The van der Waals surface area contributed by atoms with E-state index in [2.05, 4.69) is 5.32 Å². The minimum absolute atomic E-state index is 0.112. The van der Waals surface area contributed by atoms with Gasteiger partial charge in [-0.05, 0) is 48.9 Å². The Balaban J connectivity index is 2.03. The predicted molar refractivity (Wildman–Crippen MR) is 129 cm³/mol. The molecule has 0 unspecified atom stereocenters. The third-order valence-corrected chi connectivity index (χ3v) is 7.17. The van der Waals surface area contributed by atoms with Crippen LogP contribution in [0, 0.1) is 6.92 Å². The Kier molecular flexibility index (Phi) is 9.64. The molecule has 34 heavy (non-hydrogen) atoms. The average Bonchev–Trinajstić information content (AvgIpc) is 2.82. The van der Waals surface area contributed by atoms with Crippen molar-refractivity contribution >= 4 is 33.7 Å². The van der Waals surface area contributed by atoms with Crippen LogP contribution in [-0.2, 0) is 24.3 Å². The zero-order valence-electron chi connectivity index (χ0n) is 20.0. The Bertz CT molecular complexity index is 1160. The lowest BCUT2D eigenvalue weighted by Gasteiger charge is -2.20. The van der Waals surface area contributed by atoms with E-state index < -0.39 is 28.5 Å². The Hall–Kier alpha value is -3.37. The van der Waals surface area contributed by atoms with Crippen molar-refractivity contribution < 1.29 is 32.2 Å². The molecule has 0 aromatic heterocycles. The number of carbonyl (C=O) groups excluding carboxylic acids is 2. The van der Waals surface area contributed by atoms with Gasteiger partial charge in [0.15, 0.2) is 6.61 Å². The summed E-state index contributed by atoms with van der Waals surface area (Å²) in [5.74, 6) is -0.199. The predicted octanol–water partition coefficient (Wildman–Crippen LogP) is 3.24. The standard InChI is InChI=1S/C24H30N2O7S/c1-6-26(7-2)34(29,30)22-15-19(10-8-17(22)3)25-23(27)16-33-24(28)13-9-18-14-20(31-4)11-12-21(18)32-5/h8-15H,6-7,16H2,1-5H3,(H,25,27)/b13-9+. The van der Waals surface area contributed by atoms with Crippen molar-refractivity contribution in [2.45, 2.75) is 25.7 Å². The van der Waals surface area contributed by atoms with Crippen molar-refractivity contribution in [3.63, 3.8) is 0 Å². The molecular weight excluding hydrogens is 460 g/mol. The van der Waals surface area contributed by atoms with E-state index in [0.29, 0.717) is 35.7 Å². The van der Waals surface area contributed by atoms with Gasteiger partial charge in [0.1, 0.15) is 11.5 Å². The highest BCUT2D eigenvalue weighted by Gasteiger charge is 2.24. The molecule has 0 atom stereocenters. The number of aryl methyl sites for hydroxylation is 1. The summed E-state index contributed by atoms with van der Waals surface area (Å²) in [4.78, 5) is 24.4. The van der Waals surface area contributed by atoms with Crippen LogP contribution in [0.5, 0.6) is 11.5 Å². The first kappa shape index (κ1) is 26.9. The van der Waals surface area contributed by atoms with Crippen molar-refractivity contribution in [2.24, 2.45) is 0 Å². The van der Waals surface area contributed by atoms with Gasteiger partial charge in [-0.15, -0.1) is 0 Å². The van der Waals surface area contributed by atoms with Crippen molar-refractivity contribution in [3.8, 4) is 11.5 Å². The molecule has 0 aliphatic rings. The monoisotopic (exact) mass is 490 g/mol. The molecule has 10 heteroatoms. The van der Waals surface area contributed by atoms with Crippen LogP contribution in [0.25, 0.3) is 6.08 Å². The number of hydrogen-bond acceptors (Lipinski definition) is 7. The van der Waals surface area contributed by atoms with E-state index in [1.165, 1.54) is 36.7 Å². The van der Waals surface area contributed by atoms with Gasteiger partial charge in [-0.1, -0.05) is 19.9 Å². The lowest BCUT2D eigenvalue weighted by Crippen LogP contribution is -2.31. The molecule has 2 aromatic carbocycles. The summed E-state index contributed by atoms with van der Waals surface area (Å²) in [6.07, 6.45) is 2.66. The normalized spacial score (nSPS) is 11.5. The first-order chi connectivity index (χ1) is 16.2. The maximum absolute atomic E-state index is 12.9. The smallest absolute Gasteiger partial charge is 0.331 e. The Labute approximate surface area is 200 Å². The third-order valence-electron chi connectivity index (χ3n) is 4.98. The summed E-state index contributed by atoms with van der Waals surface area (Å²) >= 11 is 0. The first-order valence-corrected chi connectivity index (χ1v) is 12.1. The van der Waals surface area contributed by atoms with E-state index >= 15 is 0 Å². The number of carbonyl (C=O) groups is 2. The van der Waals surface area contributed by atoms with Crippen LogP contribution >= 0.6 is 0 Å². The van der Waals surface area contributed by atoms with Crippen LogP contribution < -0.4 is 14.8 Å². The number of amides is 1. The number of benzene rings is 2. The molecule has 0 heterocycles. The van der Waals surface area contributed by atoms with Gasteiger partial charge in [0.05, 0.1) is 19.1 Å². The molecule has 1 amide bonds. The summed E-state index contributed by atoms with van der Waals surface area (Å²) in [5.41, 5.74) is 1.45. The van der Waals surface area contributed by atoms with Crippen LogP contribution in [0.2, 0.25) is 0 Å². The summed E-state index contributed by atoms with van der Waals surface area (Å²) in [7, 11) is -0.661. The van der Waals surface area contributed by atoms with Crippen molar-refractivity contribution in [1.29, 1.82) is 0 Å². The molecule has 0 aliphatic carbocycles. The highest BCUT2D eigenvalue weighted by molar-refractivity contribution is 7.89. The van der Waals surface area contributed by atoms with Crippen LogP contribution in [0.1, 0.15) is 25.0 Å². The van der Waals surface area contributed by atoms with Gasteiger partial charge >= 0.3 is 5.97 Å². The third kappa shape index (κ3) is 6.82. The summed E-state index contributed by atoms with van der Waals surface area (Å²) < 4.78 is 42.5. The molecule has 0 aliphatic heterocycles. The number of nitrogens with zero attached hydrogens (tertiary/aromatic N) is 1. The molecule has 0 fully saturated rings. The SMILES string of the molecule is CCN(CC)S(=O)(=O)c1cc(NC(=O)COC(=O)/C=C/c2cc(OC)ccc2OC)ccc1C. The van der Waals surface area contributed by atoms with Crippen LogP contribution in [0.15, 0.2) is 47.4 Å². The molecule has 2 rings (SSSR count). The van der Waals surface area contributed by atoms with E-state index in [-0.39, 0.29) is 10.6 Å². The first-order valence-electron chi connectivity index (χ1n) is 10.6. The Morgan fingerprint density at radius 2 is 1.74 bits per heavy atom. The van der Waals surface area contributed by atoms with Crippen molar-refractivity contribution in [2.75, 3.05) is 39.2 Å². The van der Waals surface area contributed by atoms with E-state index in [4.69, 9.17) is 14.2 Å². The number of ether oxygens (including phenoxy) is 3. The number of hydrogen-bond donors (Lipinski definition) is 1. The second kappa shape index (κ2) is 12.2. The Morgan fingerprint density at radius 3 is 2.35 bits per heavy atom. The second-order valence-electron chi connectivity index (χ2n) is 7.17. The minimum Gasteiger partial charge on any atom is -0.497 e.